The van der Waals surface area contributed by atoms with E-state index in [1.165, 1.54) is 12.1 Å². The predicted molar refractivity (Wildman–Crippen MR) is 91.1 cm³/mol. The average molecular weight is 376 g/mol. The molecule has 118 valence electrons. The summed E-state index contributed by atoms with van der Waals surface area (Å²) in [5.74, 6) is -0.160. The fraction of sp³-hybridized carbons (Fsp3) is 0.167. The minimum absolute atomic E-state index is 0.0815. The van der Waals surface area contributed by atoms with E-state index in [0.717, 1.165) is 15.4 Å². The lowest BCUT2D eigenvalue weighted by Crippen LogP contribution is -2.27. The zero-order chi connectivity index (χ0) is 16.4. The van der Waals surface area contributed by atoms with E-state index in [0.29, 0.717) is 12.1 Å². The van der Waals surface area contributed by atoms with Crippen LogP contribution >= 0.6 is 15.9 Å². The Bertz CT molecular complexity index is 842. The molecule has 1 unspecified atom stereocenters. The van der Waals surface area contributed by atoms with Gasteiger partial charge in [0, 0.05) is 16.4 Å². The van der Waals surface area contributed by atoms with Gasteiger partial charge in [0.2, 0.25) is 0 Å². The number of nitrogens with one attached hydrogen (secondary N) is 1. The lowest BCUT2D eigenvalue weighted by atomic mass is 10.0. The first kappa shape index (κ1) is 15.7. The van der Waals surface area contributed by atoms with Gasteiger partial charge in [0.15, 0.2) is 5.76 Å². The van der Waals surface area contributed by atoms with Gasteiger partial charge >= 0.3 is 0 Å². The number of furan rings is 1. The van der Waals surface area contributed by atoms with Crippen LogP contribution in [0.4, 0.5) is 4.39 Å². The van der Waals surface area contributed by atoms with Gasteiger partial charge < -0.3 is 9.73 Å². The summed E-state index contributed by atoms with van der Waals surface area (Å²) in [6, 6.07) is 13.6. The van der Waals surface area contributed by atoms with Gasteiger partial charge in [-0.15, -0.1) is 0 Å². The third kappa shape index (κ3) is 3.62. The SMILES string of the molecule is CC(CNC(=O)c1cc2cc(Br)ccc2o1)c1ccc(F)cc1. The van der Waals surface area contributed by atoms with Gasteiger partial charge in [-0.25, -0.2) is 4.39 Å². The quantitative estimate of drug-likeness (QED) is 0.706. The van der Waals surface area contributed by atoms with Crippen molar-refractivity contribution in [2.75, 3.05) is 6.54 Å². The third-order valence-electron chi connectivity index (χ3n) is 3.71. The number of hydrogen-bond acceptors (Lipinski definition) is 2. The Morgan fingerprint density at radius 1 is 1.22 bits per heavy atom. The molecule has 0 radical (unpaired) electrons. The van der Waals surface area contributed by atoms with Crippen LogP contribution in [-0.4, -0.2) is 12.5 Å². The van der Waals surface area contributed by atoms with Crippen LogP contribution in [0, 0.1) is 5.82 Å². The molecule has 0 aliphatic heterocycles. The summed E-state index contributed by atoms with van der Waals surface area (Å²) in [7, 11) is 0. The smallest absolute Gasteiger partial charge is 0.287 e. The number of carbonyl (C=O) groups excluding carboxylic acids is 1. The highest BCUT2D eigenvalue weighted by Crippen LogP contribution is 2.23. The second kappa shape index (κ2) is 6.54. The first-order valence-electron chi connectivity index (χ1n) is 7.25. The molecule has 0 spiro atoms. The van der Waals surface area contributed by atoms with Gasteiger partial charge in [-0.05, 0) is 47.9 Å². The Labute approximate surface area is 141 Å². The Morgan fingerprint density at radius 2 is 1.96 bits per heavy atom. The van der Waals surface area contributed by atoms with Crippen LogP contribution in [0.3, 0.4) is 0 Å². The van der Waals surface area contributed by atoms with Crippen LogP contribution in [0.2, 0.25) is 0 Å². The van der Waals surface area contributed by atoms with E-state index in [1.54, 1.807) is 18.2 Å². The molecular weight excluding hydrogens is 361 g/mol. The van der Waals surface area contributed by atoms with E-state index in [2.05, 4.69) is 21.2 Å². The zero-order valence-corrected chi connectivity index (χ0v) is 14.1. The fourth-order valence-electron chi connectivity index (χ4n) is 2.37. The normalized spacial score (nSPS) is 12.3. The number of hydrogen-bond donors (Lipinski definition) is 1. The first-order valence-corrected chi connectivity index (χ1v) is 8.05. The highest BCUT2D eigenvalue weighted by Gasteiger charge is 2.14. The van der Waals surface area contributed by atoms with Gasteiger partial charge in [-0.2, -0.15) is 0 Å². The van der Waals surface area contributed by atoms with Crippen molar-refractivity contribution in [3.63, 3.8) is 0 Å². The molecule has 1 amide bonds. The maximum absolute atomic E-state index is 12.9. The molecule has 0 bridgehead atoms. The molecule has 1 heterocycles. The summed E-state index contributed by atoms with van der Waals surface area (Å²) in [5, 5.41) is 3.72. The number of amides is 1. The molecule has 1 atom stereocenters. The van der Waals surface area contributed by atoms with Crippen molar-refractivity contribution in [2.45, 2.75) is 12.8 Å². The van der Waals surface area contributed by atoms with E-state index in [9.17, 15) is 9.18 Å². The maximum atomic E-state index is 12.9. The van der Waals surface area contributed by atoms with Gasteiger partial charge in [-0.1, -0.05) is 35.0 Å². The summed E-state index contributed by atoms with van der Waals surface area (Å²) >= 11 is 3.39. The van der Waals surface area contributed by atoms with Crippen LogP contribution in [0.1, 0.15) is 29.0 Å². The first-order chi connectivity index (χ1) is 11.0. The molecule has 23 heavy (non-hydrogen) atoms. The Balaban J connectivity index is 1.67. The van der Waals surface area contributed by atoms with Crippen LogP contribution in [-0.2, 0) is 0 Å². The monoisotopic (exact) mass is 375 g/mol. The fourth-order valence-corrected chi connectivity index (χ4v) is 2.75. The number of benzene rings is 2. The van der Waals surface area contributed by atoms with Crippen molar-refractivity contribution in [2.24, 2.45) is 0 Å². The van der Waals surface area contributed by atoms with Crippen molar-refractivity contribution >= 4 is 32.8 Å². The van der Waals surface area contributed by atoms with Crippen molar-refractivity contribution in [3.8, 4) is 0 Å². The molecule has 3 aromatic rings. The predicted octanol–water partition coefficient (Wildman–Crippen LogP) is 4.87. The molecule has 0 aliphatic rings. The third-order valence-corrected chi connectivity index (χ3v) is 4.20. The average Bonchev–Trinajstić information content (AvgIpc) is 2.96. The summed E-state index contributed by atoms with van der Waals surface area (Å²) in [4.78, 5) is 12.2. The van der Waals surface area contributed by atoms with Gasteiger partial charge in [-0.3, -0.25) is 4.79 Å². The van der Waals surface area contributed by atoms with Crippen molar-refractivity contribution in [1.82, 2.24) is 5.32 Å². The van der Waals surface area contributed by atoms with E-state index in [1.807, 2.05) is 25.1 Å². The molecule has 2 aromatic carbocycles. The molecule has 5 heteroatoms. The van der Waals surface area contributed by atoms with E-state index in [4.69, 9.17) is 4.42 Å². The maximum Gasteiger partial charge on any atom is 0.287 e. The molecule has 0 fully saturated rings. The Hall–Kier alpha value is -2.14. The van der Waals surface area contributed by atoms with Crippen molar-refractivity contribution in [3.05, 3.63) is 70.1 Å². The van der Waals surface area contributed by atoms with Crippen LogP contribution in [0.5, 0.6) is 0 Å². The summed E-state index contributed by atoms with van der Waals surface area (Å²) in [6.07, 6.45) is 0. The molecule has 0 aliphatic carbocycles. The van der Waals surface area contributed by atoms with Crippen LogP contribution < -0.4 is 5.32 Å². The minimum atomic E-state index is -0.265. The highest BCUT2D eigenvalue weighted by atomic mass is 79.9. The minimum Gasteiger partial charge on any atom is -0.451 e. The molecule has 0 saturated carbocycles. The van der Waals surface area contributed by atoms with E-state index in [-0.39, 0.29) is 23.4 Å². The molecule has 1 aromatic heterocycles. The number of fused-ring (bicyclic) bond motifs is 1. The van der Waals surface area contributed by atoms with Gasteiger partial charge in [0.05, 0.1) is 0 Å². The molecule has 1 N–H and O–H groups in total. The van der Waals surface area contributed by atoms with E-state index < -0.39 is 0 Å². The highest BCUT2D eigenvalue weighted by molar-refractivity contribution is 9.10. The summed E-state index contributed by atoms with van der Waals surface area (Å²) < 4.78 is 19.4. The second-order valence-electron chi connectivity index (χ2n) is 5.46. The Morgan fingerprint density at radius 3 is 2.70 bits per heavy atom. The molecular formula is C18H15BrFNO2. The van der Waals surface area contributed by atoms with Crippen molar-refractivity contribution < 1.29 is 13.6 Å². The largest absolute Gasteiger partial charge is 0.451 e. The lowest BCUT2D eigenvalue weighted by Gasteiger charge is -2.12. The summed E-state index contributed by atoms with van der Waals surface area (Å²) in [6.45, 7) is 2.43. The number of carbonyl (C=O) groups is 1. The van der Waals surface area contributed by atoms with Gasteiger partial charge in [0.1, 0.15) is 11.4 Å². The van der Waals surface area contributed by atoms with Gasteiger partial charge in [0.25, 0.3) is 5.91 Å². The Kier molecular flexibility index (Phi) is 4.48. The van der Waals surface area contributed by atoms with Crippen LogP contribution in [0.15, 0.2) is 57.4 Å². The number of halogens is 2. The number of rotatable bonds is 4. The lowest BCUT2D eigenvalue weighted by molar-refractivity contribution is 0.0926. The van der Waals surface area contributed by atoms with E-state index >= 15 is 0 Å². The molecule has 3 rings (SSSR count). The summed E-state index contributed by atoms with van der Waals surface area (Å²) in [5.41, 5.74) is 1.64. The molecule has 3 nitrogen and oxygen atoms in total. The van der Waals surface area contributed by atoms with Crippen molar-refractivity contribution in [1.29, 1.82) is 0 Å². The zero-order valence-electron chi connectivity index (χ0n) is 12.5. The molecule has 0 saturated heterocycles. The second-order valence-corrected chi connectivity index (χ2v) is 6.37. The van der Waals surface area contributed by atoms with Crippen LogP contribution in [0.25, 0.3) is 11.0 Å². The topological polar surface area (TPSA) is 42.2 Å². The standard InChI is InChI=1S/C18H15BrFNO2/c1-11(12-2-5-15(20)6-3-12)10-21-18(22)17-9-13-8-14(19)4-7-16(13)23-17/h2-9,11H,10H2,1H3,(H,21,22).